The van der Waals surface area contributed by atoms with Gasteiger partial charge in [0.15, 0.2) is 5.13 Å². The molecule has 4 aromatic rings. The highest BCUT2D eigenvalue weighted by Gasteiger charge is 2.30. The van der Waals surface area contributed by atoms with Crippen LogP contribution in [0.25, 0.3) is 5.69 Å². The van der Waals surface area contributed by atoms with Gasteiger partial charge in [-0.25, -0.2) is 4.98 Å². The Morgan fingerprint density at radius 2 is 2.09 bits per heavy atom. The number of aromatic nitrogens is 5. The van der Waals surface area contributed by atoms with E-state index in [0.29, 0.717) is 16.1 Å². The number of tetrazole rings is 1. The number of hydrogen-bond donors (Lipinski definition) is 1. The fraction of sp³-hybridized carbons (Fsp3) is 0.150. The number of nitrogens with zero attached hydrogens (tertiary/aromatic N) is 5. The summed E-state index contributed by atoms with van der Waals surface area (Å²) in [6, 6.07) is 8.02. The monoisotopic (exact) mass is 494 g/mol. The number of hydrogen-bond acceptors (Lipinski definition) is 7. The summed E-state index contributed by atoms with van der Waals surface area (Å²) < 4.78 is 45.4. The van der Waals surface area contributed by atoms with E-state index in [4.69, 9.17) is 16.3 Å². The zero-order chi connectivity index (χ0) is 23.6. The molecule has 0 atom stereocenters. The van der Waals surface area contributed by atoms with Crippen molar-refractivity contribution in [1.29, 1.82) is 0 Å². The van der Waals surface area contributed by atoms with Gasteiger partial charge in [-0.1, -0.05) is 29.8 Å². The maximum atomic E-state index is 12.9. The van der Waals surface area contributed by atoms with Gasteiger partial charge in [-0.2, -0.15) is 17.9 Å². The maximum Gasteiger partial charge on any atom is 0.416 e. The highest BCUT2D eigenvalue weighted by atomic mass is 35.5. The lowest BCUT2D eigenvalue weighted by Gasteiger charge is -2.11. The molecule has 0 aliphatic carbocycles. The zero-order valence-electron chi connectivity index (χ0n) is 16.8. The Hall–Kier alpha value is -3.51. The van der Waals surface area contributed by atoms with E-state index in [9.17, 15) is 18.0 Å². The van der Waals surface area contributed by atoms with Crippen LogP contribution in [0.3, 0.4) is 0 Å². The molecule has 0 aliphatic rings. The number of benzene rings is 2. The number of amides is 1. The molecule has 0 radical (unpaired) electrons. The highest BCUT2D eigenvalue weighted by Crippen LogP contribution is 2.32. The highest BCUT2D eigenvalue weighted by molar-refractivity contribution is 7.15. The summed E-state index contributed by atoms with van der Waals surface area (Å²) in [5, 5.41) is 14.0. The van der Waals surface area contributed by atoms with Gasteiger partial charge in [0.25, 0.3) is 5.91 Å². The van der Waals surface area contributed by atoms with Crippen LogP contribution in [0.15, 0.2) is 48.9 Å². The number of alkyl halides is 3. The topological polar surface area (TPSA) is 94.8 Å². The first kappa shape index (κ1) is 22.7. The number of methoxy groups -OCH3 is 1. The molecule has 0 fully saturated rings. The molecule has 33 heavy (non-hydrogen) atoms. The van der Waals surface area contributed by atoms with Crippen molar-refractivity contribution in [1.82, 2.24) is 25.2 Å². The van der Waals surface area contributed by atoms with E-state index >= 15 is 0 Å². The molecule has 4 rings (SSSR count). The average molecular weight is 495 g/mol. The van der Waals surface area contributed by atoms with Crippen molar-refractivity contribution in [2.75, 3.05) is 12.4 Å². The van der Waals surface area contributed by atoms with Crippen molar-refractivity contribution >= 4 is 34.0 Å². The first-order chi connectivity index (χ1) is 15.7. The standard InChI is InChI=1S/C20H14ClF3N6O2S/c1-32-17-8-16(30-10-26-28-29-30)15(21)7-14(17)18(31)27-19-25-9-13(33-19)6-11-3-2-4-12(5-11)20(22,23)24/h2-5,7-10H,6H2,1H3,(H,25,27,31). The second kappa shape index (κ2) is 9.16. The minimum absolute atomic E-state index is 0.161. The molecule has 2 aromatic heterocycles. The molecule has 0 spiro atoms. The van der Waals surface area contributed by atoms with Crippen LogP contribution in [0.4, 0.5) is 18.3 Å². The predicted octanol–water partition coefficient (Wildman–Crippen LogP) is 4.64. The summed E-state index contributed by atoms with van der Waals surface area (Å²) in [5.41, 5.74) is 0.353. The molecular formula is C20H14ClF3N6O2S. The first-order valence-electron chi connectivity index (χ1n) is 9.27. The van der Waals surface area contributed by atoms with E-state index in [1.54, 1.807) is 6.07 Å². The Morgan fingerprint density at radius 1 is 1.27 bits per heavy atom. The van der Waals surface area contributed by atoms with Gasteiger partial charge in [-0.15, -0.1) is 16.4 Å². The maximum absolute atomic E-state index is 12.9. The summed E-state index contributed by atoms with van der Waals surface area (Å²) in [6.45, 7) is 0. The number of halogens is 4. The molecule has 8 nitrogen and oxygen atoms in total. The zero-order valence-corrected chi connectivity index (χ0v) is 18.4. The van der Waals surface area contributed by atoms with E-state index in [2.05, 4.69) is 25.8 Å². The fourth-order valence-corrected chi connectivity index (χ4v) is 4.10. The minimum Gasteiger partial charge on any atom is -0.496 e. The second-order valence-corrected chi connectivity index (χ2v) is 8.24. The number of carbonyl (C=O) groups is 1. The van der Waals surface area contributed by atoms with Gasteiger partial charge in [0.1, 0.15) is 12.1 Å². The van der Waals surface area contributed by atoms with E-state index in [-0.39, 0.29) is 27.9 Å². The molecule has 1 amide bonds. The van der Waals surface area contributed by atoms with E-state index < -0.39 is 17.6 Å². The molecule has 170 valence electrons. The Morgan fingerprint density at radius 3 is 2.79 bits per heavy atom. The van der Waals surface area contributed by atoms with Crippen LogP contribution in [0.1, 0.15) is 26.4 Å². The van der Waals surface area contributed by atoms with Crippen LogP contribution in [-0.4, -0.2) is 38.2 Å². The fourth-order valence-electron chi connectivity index (χ4n) is 3.01. The van der Waals surface area contributed by atoms with Crippen molar-refractivity contribution in [3.63, 3.8) is 0 Å². The summed E-state index contributed by atoms with van der Waals surface area (Å²) >= 11 is 7.45. The third kappa shape index (κ3) is 5.12. The number of rotatable bonds is 6. The number of carbonyl (C=O) groups excluding carboxylic acids is 1. The van der Waals surface area contributed by atoms with Gasteiger partial charge in [0.2, 0.25) is 0 Å². The normalized spacial score (nSPS) is 11.4. The van der Waals surface area contributed by atoms with Crippen LogP contribution < -0.4 is 10.1 Å². The molecule has 0 saturated carbocycles. The molecule has 0 saturated heterocycles. The molecule has 0 aliphatic heterocycles. The molecule has 2 aromatic carbocycles. The van der Waals surface area contributed by atoms with E-state index in [1.807, 2.05) is 0 Å². The Balaban J connectivity index is 1.51. The van der Waals surface area contributed by atoms with Gasteiger partial charge in [-0.3, -0.25) is 10.1 Å². The third-order valence-electron chi connectivity index (χ3n) is 4.52. The van der Waals surface area contributed by atoms with E-state index in [0.717, 1.165) is 23.5 Å². The summed E-state index contributed by atoms with van der Waals surface area (Å²) in [6.07, 6.45) is -1.32. The molecule has 2 heterocycles. The number of ether oxygens (including phenoxy) is 1. The van der Waals surface area contributed by atoms with E-state index in [1.165, 1.54) is 42.5 Å². The smallest absolute Gasteiger partial charge is 0.416 e. The van der Waals surface area contributed by atoms with Crippen molar-refractivity contribution in [2.45, 2.75) is 12.6 Å². The largest absolute Gasteiger partial charge is 0.496 e. The lowest BCUT2D eigenvalue weighted by molar-refractivity contribution is -0.137. The lowest BCUT2D eigenvalue weighted by Crippen LogP contribution is -2.13. The summed E-state index contributed by atoms with van der Waals surface area (Å²) in [4.78, 5) is 17.6. The van der Waals surface area contributed by atoms with Crippen molar-refractivity contribution < 1.29 is 22.7 Å². The number of nitrogens with one attached hydrogen (secondary N) is 1. The molecule has 0 unspecified atom stereocenters. The summed E-state index contributed by atoms with van der Waals surface area (Å²) in [7, 11) is 1.40. The molecule has 1 N–H and O–H groups in total. The van der Waals surface area contributed by atoms with Crippen molar-refractivity contribution in [2.24, 2.45) is 0 Å². The average Bonchev–Trinajstić information content (AvgIpc) is 3.45. The van der Waals surface area contributed by atoms with Crippen LogP contribution in [0.5, 0.6) is 5.75 Å². The van der Waals surface area contributed by atoms with Crippen molar-refractivity contribution in [3.05, 3.63) is 75.5 Å². The van der Waals surface area contributed by atoms with Crippen LogP contribution >= 0.6 is 22.9 Å². The van der Waals surface area contributed by atoms with Gasteiger partial charge >= 0.3 is 6.18 Å². The first-order valence-corrected chi connectivity index (χ1v) is 10.5. The Kier molecular flexibility index (Phi) is 6.29. The lowest BCUT2D eigenvalue weighted by atomic mass is 10.1. The van der Waals surface area contributed by atoms with Gasteiger partial charge in [0.05, 0.1) is 28.9 Å². The minimum atomic E-state index is -4.41. The molecular weight excluding hydrogens is 481 g/mol. The Bertz CT molecular complexity index is 1290. The third-order valence-corrected chi connectivity index (χ3v) is 5.73. The molecule has 13 heteroatoms. The Labute approximate surface area is 194 Å². The van der Waals surface area contributed by atoms with Gasteiger partial charge in [0, 0.05) is 23.6 Å². The summed E-state index contributed by atoms with van der Waals surface area (Å²) in [5.74, 6) is -0.278. The quantitative estimate of drug-likeness (QED) is 0.419. The number of anilines is 1. The van der Waals surface area contributed by atoms with Crippen LogP contribution in [-0.2, 0) is 12.6 Å². The SMILES string of the molecule is COc1cc(-n2cnnn2)c(Cl)cc1C(=O)Nc1ncc(Cc2cccc(C(F)(F)F)c2)s1. The van der Waals surface area contributed by atoms with Crippen LogP contribution in [0, 0.1) is 0 Å². The van der Waals surface area contributed by atoms with Crippen molar-refractivity contribution in [3.8, 4) is 11.4 Å². The van der Waals surface area contributed by atoms with Crippen LogP contribution in [0.2, 0.25) is 5.02 Å². The van der Waals surface area contributed by atoms with Gasteiger partial charge in [-0.05, 0) is 28.1 Å². The predicted molar refractivity (Wildman–Crippen MR) is 115 cm³/mol. The number of thiazole rings is 1. The second-order valence-electron chi connectivity index (χ2n) is 6.72. The van der Waals surface area contributed by atoms with Gasteiger partial charge < -0.3 is 4.74 Å². The molecule has 0 bridgehead atoms.